The molecular formula is C13H15FO2. The molecular weight excluding hydrogens is 207 g/mol. The van der Waals surface area contributed by atoms with E-state index in [2.05, 4.69) is 6.58 Å². The van der Waals surface area contributed by atoms with Crippen molar-refractivity contribution in [2.75, 3.05) is 6.61 Å². The Morgan fingerprint density at radius 1 is 1.56 bits per heavy atom. The van der Waals surface area contributed by atoms with Gasteiger partial charge < -0.3 is 9.84 Å². The number of hydrogen-bond acceptors (Lipinski definition) is 2. The van der Waals surface area contributed by atoms with Crippen LogP contribution in [0.25, 0.3) is 0 Å². The van der Waals surface area contributed by atoms with Gasteiger partial charge in [0.05, 0.1) is 6.61 Å². The summed E-state index contributed by atoms with van der Waals surface area (Å²) >= 11 is 0. The Morgan fingerprint density at radius 3 is 3.06 bits per heavy atom. The van der Waals surface area contributed by atoms with Gasteiger partial charge in [-0.2, -0.15) is 0 Å². The lowest BCUT2D eigenvalue weighted by atomic mass is 9.89. The van der Waals surface area contributed by atoms with Crippen molar-refractivity contribution in [1.82, 2.24) is 0 Å². The second-order valence-corrected chi connectivity index (χ2v) is 4.13. The van der Waals surface area contributed by atoms with Gasteiger partial charge in [-0.05, 0) is 24.5 Å². The molecule has 1 heterocycles. The monoisotopic (exact) mass is 222 g/mol. The molecule has 2 nitrogen and oxygen atoms in total. The Morgan fingerprint density at radius 2 is 2.38 bits per heavy atom. The molecule has 1 fully saturated rings. The van der Waals surface area contributed by atoms with Crippen LogP contribution in [0.1, 0.15) is 18.4 Å². The number of hydrogen-bond donors (Lipinski definition) is 1. The molecule has 0 bridgehead atoms. The Labute approximate surface area is 94.4 Å². The Kier molecular flexibility index (Phi) is 3.08. The summed E-state index contributed by atoms with van der Waals surface area (Å²) in [5, 5.41) is 10.3. The van der Waals surface area contributed by atoms with Crippen LogP contribution >= 0.6 is 0 Å². The lowest BCUT2D eigenvalue weighted by Crippen LogP contribution is -2.36. The number of benzene rings is 1. The average molecular weight is 222 g/mol. The van der Waals surface area contributed by atoms with Crippen LogP contribution in [0.5, 0.6) is 0 Å². The van der Waals surface area contributed by atoms with Gasteiger partial charge in [-0.15, -0.1) is 6.58 Å². The molecule has 2 unspecified atom stereocenters. The maximum absolute atomic E-state index is 13.1. The number of allylic oxidation sites excluding steroid dienone is 1. The summed E-state index contributed by atoms with van der Waals surface area (Å²) in [6.07, 6.45) is 3.09. The lowest BCUT2D eigenvalue weighted by Gasteiger charge is -2.36. The predicted molar refractivity (Wildman–Crippen MR) is 59.2 cm³/mol. The van der Waals surface area contributed by atoms with Gasteiger partial charge in [-0.3, -0.25) is 0 Å². The Balaban J connectivity index is 2.27. The summed E-state index contributed by atoms with van der Waals surface area (Å²) in [6.45, 7) is 4.18. The Bertz CT molecular complexity index is 391. The standard InChI is InChI=1S/C13H15FO2/c1-2-10-6-7-16-13(15,9-10)11-4-3-5-12(14)8-11/h2-5,8,10,15H,1,6-7,9H2. The molecule has 0 radical (unpaired) electrons. The van der Waals surface area contributed by atoms with Gasteiger partial charge in [0.15, 0.2) is 5.79 Å². The summed E-state index contributed by atoms with van der Waals surface area (Å²) in [5.74, 6) is -1.53. The zero-order chi connectivity index (χ0) is 11.6. The molecule has 86 valence electrons. The van der Waals surface area contributed by atoms with E-state index in [1.54, 1.807) is 12.1 Å². The van der Waals surface area contributed by atoms with E-state index in [1.807, 2.05) is 6.08 Å². The van der Waals surface area contributed by atoms with Crippen LogP contribution in [-0.2, 0) is 10.5 Å². The van der Waals surface area contributed by atoms with E-state index in [9.17, 15) is 9.50 Å². The van der Waals surface area contributed by atoms with Crippen molar-refractivity contribution < 1.29 is 14.2 Å². The summed E-state index contributed by atoms with van der Waals surface area (Å²) in [7, 11) is 0. The van der Waals surface area contributed by atoms with Crippen LogP contribution in [-0.4, -0.2) is 11.7 Å². The molecule has 0 aromatic heterocycles. The van der Waals surface area contributed by atoms with Crippen LogP contribution in [0.4, 0.5) is 4.39 Å². The number of aliphatic hydroxyl groups is 1. The second-order valence-electron chi connectivity index (χ2n) is 4.13. The fourth-order valence-corrected chi connectivity index (χ4v) is 2.03. The molecule has 1 aromatic carbocycles. The minimum Gasteiger partial charge on any atom is -0.362 e. The summed E-state index contributed by atoms with van der Waals surface area (Å²) < 4.78 is 18.5. The first-order valence-corrected chi connectivity index (χ1v) is 5.39. The zero-order valence-electron chi connectivity index (χ0n) is 9.03. The first-order chi connectivity index (χ1) is 7.64. The van der Waals surface area contributed by atoms with Gasteiger partial charge in [-0.1, -0.05) is 18.2 Å². The third-order valence-electron chi connectivity index (χ3n) is 2.98. The van der Waals surface area contributed by atoms with E-state index in [-0.39, 0.29) is 11.7 Å². The third kappa shape index (κ3) is 2.15. The lowest BCUT2D eigenvalue weighted by molar-refractivity contribution is -0.241. The number of ether oxygens (including phenoxy) is 1. The summed E-state index contributed by atoms with van der Waals surface area (Å²) in [6, 6.07) is 5.91. The summed E-state index contributed by atoms with van der Waals surface area (Å²) in [4.78, 5) is 0. The van der Waals surface area contributed by atoms with Crippen molar-refractivity contribution in [2.45, 2.75) is 18.6 Å². The highest BCUT2D eigenvalue weighted by Crippen LogP contribution is 2.36. The highest BCUT2D eigenvalue weighted by molar-refractivity contribution is 5.22. The van der Waals surface area contributed by atoms with E-state index >= 15 is 0 Å². The van der Waals surface area contributed by atoms with Crippen LogP contribution in [0, 0.1) is 11.7 Å². The van der Waals surface area contributed by atoms with E-state index in [0.29, 0.717) is 18.6 Å². The topological polar surface area (TPSA) is 29.5 Å². The SMILES string of the molecule is C=CC1CCOC(O)(c2cccc(F)c2)C1. The van der Waals surface area contributed by atoms with Crippen molar-refractivity contribution in [1.29, 1.82) is 0 Å². The molecule has 2 atom stereocenters. The van der Waals surface area contributed by atoms with E-state index < -0.39 is 5.79 Å². The molecule has 0 amide bonds. The molecule has 2 rings (SSSR count). The Hall–Kier alpha value is -1.19. The van der Waals surface area contributed by atoms with Gasteiger partial charge >= 0.3 is 0 Å². The van der Waals surface area contributed by atoms with E-state index in [4.69, 9.17) is 4.74 Å². The maximum atomic E-state index is 13.1. The smallest absolute Gasteiger partial charge is 0.192 e. The van der Waals surface area contributed by atoms with Gasteiger partial charge in [-0.25, -0.2) is 4.39 Å². The first-order valence-electron chi connectivity index (χ1n) is 5.39. The minimum atomic E-state index is -1.38. The molecule has 0 saturated carbocycles. The van der Waals surface area contributed by atoms with Gasteiger partial charge in [0, 0.05) is 12.0 Å². The van der Waals surface area contributed by atoms with Crippen molar-refractivity contribution in [3.8, 4) is 0 Å². The highest BCUT2D eigenvalue weighted by atomic mass is 19.1. The summed E-state index contributed by atoms with van der Waals surface area (Å²) in [5.41, 5.74) is 0.471. The van der Waals surface area contributed by atoms with E-state index in [0.717, 1.165) is 6.42 Å². The number of halogens is 1. The van der Waals surface area contributed by atoms with Crippen LogP contribution in [0.3, 0.4) is 0 Å². The van der Waals surface area contributed by atoms with Gasteiger partial charge in [0.2, 0.25) is 0 Å². The maximum Gasteiger partial charge on any atom is 0.192 e. The fourth-order valence-electron chi connectivity index (χ4n) is 2.03. The van der Waals surface area contributed by atoms with Gasteiger partial charge in [0.25, 0.3) is 0 Å². The molecule has 16 heavy (non-hydrogen) atoms. The van der Waals surface area contributed by atoms with Crippen molar-refractivity contribution in [3.05, 3.63) is 48.3 Å². The van der Waals surface area contributed by atoms with Crippen molar-refractivity contribution >= 4 is 0 Å². The molecule has 1 saturated heterocycles. The van der Waals surface area contributed by atoms with Crippen LogP contribution < -0.4 is 0 Å². The fraction of sp³-hybridized carbons (Fsp3) is 0.385. The quantitative estimate of drug-likeness (QED) is 0.779. The van der Waals surface area contributed by atoms with Crippen molar-refractivity contribution in [3.63, 3.8) is 0 Å². The number of rotatable bonds is 2. The predicted octanol–water partition coefficient (Wildman–Crippen LogP) is 2.58. The molecule has 1 aliphatic rings. The first kappa shape index (κ1) is 11.3. The van der Waals surface area contributed by atoms with Crippen molar-refractivity contribution in [2.24, 2.45) is 5.92 Å². The molecule has 1 aromatic rings. The molecule has 0 spiro atoms. The molecule has 1 N–H and O–H groups in total. The largest absolute Gasteiger partial charge is 0.362 e. The average Bonchev–Trinajstić information content (AvgIpc) is 2.29. The second kappa shape index (κ2) is 4.36. The van der Waals surface area contributed by atoms with Crippen LogP contribution in [0.2, 0.25) is 0 Å². The third-order valence-corrected chi connectivity index (χ3v) is 2.98. The highest BCUT2D eigenvalue weighted by Gasteiger charge is 2.36. The molecule has 1 aliphatic heterocycles. The van der Waals surface area contributed by atoms with Gasteiger partial charge in [0.1, 0.15) is 5.82 Å². The minimum absolute atomic E-state index is 0.210. The normalized spacial score (nSPS) is 30.0. The van der Waals surface area contributed by atoms with Crippen LogP contribution in [0.15, 0.2) is 36.9 Å². The zero-order valence-corrected chi connectivity index (χ0v) is 9.03. The molecule has 3 heteroatoms. The molecule has 0 aliphatic carbocycles. The van der Waals surface area contributed by atoms with E-state index in [1.165, 1.54) is 12.1 Å².